The summed E-state index contributed by atoms with van der Waals surface area (Å²) in [4.78, 5) is 0. The Morgan fingerprint density at radius 2 is 1.85 bits per heavy atom. The van der Waals surface area contributed by atoms with E-state index < -0.39 is 0 Å². The topological polar surface area (TPSA) is 21.3 Å². The van der Waals surface area contributed by atoms with E-state index in [1.165, 1.54) is 16.7 Å². The Balaban J connectivity index is 2.19. The van der Waals surface area contributed by atoms with E-state index >= 15 is 0 Å². The highest BCUT2D eigenvalue weighted by atomic mass is 79.9. The fourth-order valence-corrected chi connectivity index (χ4v) is 2.80. The molecule has 2 aromatic rings. The first kappa shape index (κ1) is 15.1. The van der Waals surface area contributed by atoms with Gasteiger partial charge in [0, 0.05) is 6.04 Å². The number of methoxy groups -OCH3 is 1. The predicted molar refractivity (Wildman–Crippen MR) is 87.4 cm³/mol. The van der Waals surface area contributed by atoms with E-state index in [1.807, 2.05) is 13.1 Å². The highest BCUT2D eigenvalue weighted by Crippen LogP contribution is 2.29. The highest BCUT2D eigenvalue weighted by molar-refractivity contribution is 9.10. The molecule has 0 heterocycles. The molecule has 0 bridgehead atoms. The van der Waals surface area contributed by atoms with Crippen molar-refractivity contribution in [2.75, 3.05) is 14.2 Å². The van der Waals surface area contributed by atoms with E-state index in [0.29, 0.717) is 6.04 Å². The van der Waals surface area contributed by atoms with Crippen LogP contribution in [0.3, 0.4) is 0 Å². The third-order valence-electron chi connectivity index (χ3n) is 3.49. The van der Waals surface area contributed by atoms with Crippen LogP contribution >= 0.6 is 15.9 Å². The van der Waals surface area contributed by atoms with Crippen LogP contribution in [0.25, 0.3) is 0 Å². The van der Waals surface area contributed by atoms with Gasteiger partial charge >= 0.3 is 0 Å². The van der Waals surface area contributed by atoms with Gasteiger partial charge < -0.3 is 10.1 Å². The molecular weight excluding hydrogens is 314 g/mol. The molecule has 0 amide bonds. The van der Waals surface area contributed by atoms with Crippen LogP contribution in [-0.4, -0.2) is 14.2 Å². The second-order valence-corrected chi connectivity index (χ2v) is 5.78. The van der Waals surface area contributed by atoms with Crippen molar-refractivity contribution in [1.82, 2.24) is 5.32 Å². The first-order valence-electron chi connectivity index (χ1n) is 6.70. The van der Waals surface area contributed by atoms with Crippen molar-refractivity contribution in [3.63, 3.8) is 0 Å². The Labute approximate surface area is 129 Å². The minimum Gasteiger partial charge on any atom is -0.496 e. The molecule has 2 nitrogen and oxygen atoms in total. The molecule has 3 heteroatoms. The molecule has 0 fully saturated rings. The maximum Gasteiger partial charge on any atom is 0.133 e. The number of rotatable bonds is 5. The van der Waals surface area contributed by atoms with Crippen LogP contribution in [0.4, 0.5) is 0 Å². The lowest BCUT2D eigenvalue weighted by Crippen LogP contribution is -2.18. The second-order valence-electron chi connectivity index (χ2n) is 4.92. The van der Waals surface area contributed by atoms with Gasteiger partial charge in [-0.2, -0.15) is 0 Å². The predicted octanol–water partition coefficient (Wildman–Crippen LogP) is 4.27. The lowest BCUT2D eigenvalue weighted by Gasteiger charge is -2.18. The molecule has 1 unspecified atom stereocenters. The van der Waals surface area contributed by atoms with Gasteiger partial charge in [-0.3, -0.25) is 0 Å². The standard InChI is InChI=1S/C17H20BrNO/c1-12-4-6-13(7-5-12)10-16(19-2)14-8-9-17(20-3)15(18)11-14/h4-9,11,16,19H,10H2,1-3H3. The van der Waals surface area contributed by atoms with Gasteiger partial charge in [0.1, 0.15) is 5.75 Å². The summed E-state index contributed by atoms with van der Waals surface area (Å²) in [6, 6.07) is 15.2. The summed E-state index contributed by atoms with van der Waals surface area (Å²) in [7, 11) is 3.68. The van der Waals surface area contributed by atoms with Crippen molar-refractivity contribution in [2.24, 2.45) is 0 Å². The molecule has 0 spiro atoms. The third kappa shape index (κ3) is 3.62. The first-order chi connectivity index (χ1) is 9.63. The van der Waals surface area contributed by atoms with E-state index in [2.05, 4.69) is 64.6 Å². The maximum absolute atomic E-state index is 5.28. The Morgan fingerprint density at radius 3 is 2.40 bits per heavy atom. The number of hydrogen-bond donors (Lipinski definition) is 1. The summed E-state index contributed by atoms with van der Waals surface area (Å²) in [5.74, 6) is 0.860. The molecule has 0 aromatic heterocycles. The quantitative estimate of drug-likeness (QED) is 0.882. The fourth-order valence-electron chi connectivity index (χ4n) is 2.25. The molecule has 0 aliphatic carbocycles. The number of halogens is 1. The number of ether oxygens (including phenoxy) is 1. The molecule has 0 saturated heterocycles. The molecule has 1 N–H and O–H groups in total. The largest absolute Gasteiger partial charge is 0.496 e. The number of likely N-dealkylation sites (N-methyl/N-ethyl adjacent to an activating group) is 1. The van der Waals surface area contributed by atoms with Gasteiger partial charge in [0.05, 0.1) is 11.6 Å². The molecule has 106 valence electrons. The summed E-state index contributed by atoms with van der Waals surface area (Å²) >= 11 is 3.55. The van der Waals surface area contributed by atoms with Gasteiger partial charge in [-0.1, -0.05) is 35.9 Å². The van der Waals surface area contributed by atoms with Crippen molar-refractivity contribution in [3.8, 4) is 5.75 Å². The second kappa shape index (κ2) is 6.91. The Morgan fingerprint density at radius 1 is 1.15 bits per heavy atom. The highest BCUT2D eigenvalue weighted by Gasteiger charge is 2.12. The van der Waals surface area contributed by atoms with Gasteiger partial charge in [0.2, 0.25) is 0 Å². The molecule has 2 aromatic carbocycles. The smallest absolute Gasteiger partial charge is 0.133 e. The van der Waals surface area contributed by atoms with E-state index in [-0.39, 0.29) is 0 Å². The van der Waals surface area contributed by atoms with Crippen LogP contribution in [0, 0.1) is 6.92 Å². The molecule has 0 saturated carbocycles. The SMILES string of the molecule is CNC(Cc1ccc(C)cc1)c1ccc(OC)c(Br)c1. The number of hydrogen-bond acceptors (Lipinski definition) is 2. The number of nitrogens with one attached hydrogen (secondary N) is 1. The molecular formula is C17H20BrNO. The van der Waals surface area contributed by atoms with E-state index in [0.717, 1.165) is 16.6 Å². The van der Waals surface area contributed by atoms with Gasteiger partial charge in [-0.15, -0.1) is 0 Å². The van der Waals surface area contributed by atoms with Crippen molar-refractivity contribution < 1.29 is 4.74 Å². The number of benzene rings is 2. The zero-order valence-electron chi connectivity index (χ0n) is 12.1. The molecule has 0 aliphatic rings. The Hall–Kier alpha value is -1.32. The normalized spacial score (nSPS) is 12.2. The summed E-state index contributed by atoms with van der Waals surface area (Å²) in [6.45, 7) is 2.11. The van der Waals surface area contributed by atoms with Crippen molar-refractivity contribution in [2.45, 2.75) is 19.4 Å². The van der Waals surface area contributed by atoms with E-state index in [4.69, 9.17) is 4.74 Å². The van der Waals surface area contributed by atoms with Crippen molar-refractivity contribution in [1.29, 1.82) is 0 Å². The van der Waals surface area contributed by atoms with Crippen LogP contribution in [0.15, 0.2) is 46.9 Å². The van der Waals surface area contributed by atoms with Crippen LogP contribution < -0.4 is 10.1 Å². The first-order valence-corrected chi connectivity index (χ1v) is 7.49. The summed E-state index contributed by atoms with van der Waals surface area (Å²) in [5.41, 5.74) is 3.88. The van der Waals surface area contributed by atoms with Crippen LogP contribution in [0.2, 0.25) is 0 Å². The van der Waals surface area contributed by atoms with Crippen LogP contribution in [-0.2, 0) is 6.42 Å². The van der Waals surface area contributed by atoms with Gasteiger partial charge in [0.25, 0.3) is 0 Å². The zero-order valence-corrected chi connectivity index (χ0v) is 13.7. The van der Waals surface area contributed by atoms with Crippen LogP contribution in [0.5, 0.6) is 5.75 Å². The average Bonchev–Trinajstić information content (AvgIpc) is 2.46. The zero-order chi connectivity index (χ0) is 14.5. The summed E-state index contributed by atoms with van der Waals surface area (Å²) in [6.07, 6.45) is 0.968. The summed E-state index contributed by atoms with van der Waals surface area (Å²) in [5, 5.41) is 3.38. The minimum atomic E-state index is 0.292. The van der Waals surface area contributed by atoms with Crippen molar-refractivity contribution >= 4 is 15.9 Å². The third-order valence-corrected chi connectivity index (χ3v) is 4.11. The summed E-state index contributed by atoms with van der Waals surface area (Å²) < 4.78 is 6.27. The van der Waals surface area contributed by atoms with Gasteiger partial charge in [-0.05, 0) is 59.6 Å². The monoisotopic (exact) mass is 333 g/mol. The lowest BCUT2D eigenvalue weighted by molar-refractivity contribution is 0.411. The molecule has 20 heavy (non-hydrogen) atoms. The minimum absolute atomic E-state index is 0.292. The van der Waals surface area contributed by atoms with Crippen molar-refractivity contribution in [3.05, 3.63) is 63.6 Å². The molecule has 2 rings (SSSR count). The molecule has 1 atom stereocenters. The Kier molecular flexibility index (Phi) is 5.21. The van der Waals surface area contributed by atoms with E-state index in [9.17, 15) is 0 Å². The maximum atomic E-state index is 5.28. The fraction of sp³-hybridized carbons (Fsp3) is 0.294. The Bertz CT molecular complexity index is 566. The van der Waals surface area contributed by atoms with Crippen LogP contribution in [0.1, 0.15) is 22.7 Å². The average molecular weight is 334 g/mol. The lowest BCUT2D eigenvalue weighted by atomic mass is 9.98. The van der Waals surface area contributed by atoms with Gasteiger partial charge in [-0.25, -0.2) is 0 Å². The van der Waals surface area contributed by atoms with E-state index in [1.54, 1.807) is 7.11 Å². The molecule has 0 radical (unpaired) electrons. The van der Waals surface area contributed by atoms with Gasteiger partial charge in [0.15, 0.2) is 0 Å². The number of aryl methyl sites for hydroxylation is 1. The molecule has 0 aliphatic heterocycles.